The van der Waals surface area contributed by atoms with E-state index in [4.69, 9.17) is 0 Å². The minimum Gasteiger partial charge on any atom is -0.506 e. The van der Waals surface area contributed by atoms with Crippen LogP contribution in [0.3, 0.4) is 0 Å². The molecule has 1 aliphatic rings. The molecular weight excluding hydrogens is 320 g/mol. The number of hydrogen-bond acceptors (Lipinski definition) is 6. The topological polar surface area (TPSA) is 111 Å². The van der Waals surface area contributed by atoms with E-state index in [9.17, 15) is 15.0 Å². The molecular formula is C18H18N4O3. The van der Waals surface area contributed by atoms with E-state index in [0.717, 1.165) is 24.2 Å². The zero-order valence-corrected chi connectivity index (χ0v) is 13.4. The van der Waals surface area contributed by atoms with Crippen molar-refractivity contribution in [3.8, 4) is 5.75 Å². The molecule has 0 radical (unpaired) electrons. The lowest BCUT2D eigenvalue weighted by molar-refractivity contribution is 0.171. The summed E-state index contributed by atoms with van der Waals surface area (Å²) in [6.07, 6.45) is 4.20. The summed E-state index contributed by atoms with van der Waals surface area (Å²) < 4.78 is 0. The number of nitrogens with zero attached hydrogens (tertiary/aromatic N) is 2. The monoisotopic (exact) mass is 338 g/mol. The molecule has 7 heteroatoms. The number of aromatic amines is 1. The molecule has 1 aliphatic carbocycles. The number of aliphatic hydroxyl groups excluding tert-OH is 1. The highest BCUT2D eigenvalue weighted by molar-refractivity contribution is 5.87. The first-order chi connectivity index (χ1) is 12.1. The van der Waals surface area contributed by atoms with Crippen LogP contribution in [0.15, 0.2) is 41.5 Å². The number of nitrogens with one attached hydrogen (secondary N) is 2. The Morgan fingerprint density at radius 2 is 1.88 bits per heavy atom. The van der Waals surface area contributed by atoms with Crippen molar-refractivity contribution in [2.24, 2.45) is 0 Å². The van der Waals surface area contributed by atoms with Crippen molar-refractivity contribution in [3.63, 3.8) is 0 Å². The third-order valence-corrected chi connectivity index (χ3v) is 4.61. The summed E-state index contributed by atoms with van der Waals surface area (Å²) in [5, 5.41) is 24.5. The lowest BCUT2D eigenvalue weighted by Crippen LogP contribution is -2.33. The molecule has 4 N–H and O–H groups in total. The van der Waals surface area contributed by atoms with Crippen LogP contribution in [0.5, 0.6) is 5.75 Å². The number of hydrogen-bond donors (Lipinski definition) is 4. The second-order valence-corrected chi connectivity index (χ2v) is 6.26. The van der Waals surface area contributed by atoms with Gasteiger partial charge in [0.15, 0.2) is 0 Å². The molecule has 1 atom stereocenters. The molecule has 0 unspecified atom stereocenters. The van der Waals surface area contributed by atoms with E-state index < -0.39 is 6.10 Å². The van der Waals surface area contributed by atoms with Gasteiger partial charge in [-0.15, -0.1) is 0 Å². The summed E-state index contributed by atoms with van der Waals surface area (Å²) in [6.45, 7) is 0.359. The maximum Gasteiger partial charge on any atom is 0.248 e. The van der Waals surface area contributed by atoms with Gasteiger partial charge in [0.2, 0.25) is 5.56 Å². The number of phenolic OH excluding ortho intramolecular Hbond substituents is 1. The Hall–Kier alpha value is -2.77. The maximum atomic E-state index is 11.5. The third kappa shape index (κ3) is 2.99. The minimum absolute atomic E-state index is 0.0139. The standard InChI is InChI=1S/C18H18N4O3/c23-15-3-1-11(12-2-4-17(25)22-18(12)15)16(24)9-21-10-7-13-14(8-10)20-6-5-19-13/h1-6,10,16,21,23-24H,7-9H2,(H,22,25)/t16-/m0/s1. The van der Waals surface area contributed by atoms with Crippen molar-refractivity contribution in [2.75, 3.05) is 6.54 Å². The summed E-state index contributed by atoms with van der Waals surface area (Å²) in [6, 6.07) is 6.35. The molecule has 7 nitrogen and oxygen atoms in total. The van der Waals surface area contributed by atoms with Gasteiger partial charge in [-0.25, -0.2) is 0 Å². The summed E-state index contributed by atoms with van der Waals surface area (Å²) in [5.74, 6) is -0.0139. The lowest BCUT2D eigenvalue weighted by atomic mass is 10.0. The number of benzene rings is 1. The number of rotatable bonds is 4. The molecule has 0 fully saturated rings. The van der Waals surface area contributed by atoms with Crippen molar-refractivity contribution in [1.29, 1.82) is 0 Å². The Kier molecular flexibility index (Phi) is 3.95. The molecule has 0 bridgehead atoms. The number of aromatic hydroxyl groups is 1. The van der Waals surface area contributed by atoms with Gasteiger partial charge in [-0.2, -0.15) is 0 Å². The zero-order valence-electron chi connectivity index (χ0n) is 13.4. The number of H-pyrrole nitrogens is 1. The molecule has 2 heterocycles. The van der Waals surface area contributed by atoms with Crippen LogP contribution in [0.4, 0.5) is 0 Å². The SMILES string of the molecule is O=c1ccc2c([C@@H](O)CNC3Cc4nccnc4C3)ccc(O)c2[nH]1. The van der Waals surface area contributed by atoms with Gasteiger partial charge in [0.1, 0.15) is 5.75 Å². The Bertz CT molecular complexity index is 960. The van der Waals surface area contributed by atoms with Gasteiger partial charge in [0, 0.05) is 49.3 Å². The van der Waals surface area contributed by atoms with E-state index in [-0.39, 0.29) is 17.4 Å². The Morgan fingerprint density at radius 3 is 2.60 bits per heavy atom. The molecule has 1 aromatic carbocycles. The highest BCUT2D eigenvalue weighted by Crippen LogP contribution is 2.28. The van der Waals surface area contributed by atoms with E-state index >= 15 is 0 Å². The van der Waals surface area contributed by atoms with Crippen LogP contribution in [0.1, 0.15) is 23.1 Å². The Morgan fingerprint density at radius 1 is 1.16 bits per heavy atom. The highest BCUT2D eigenvalue weighted by Gasteiger charge is 2.24. The number of pyridine rings is 1. The van der Waals surface area contributed by atoms with Gasteiger partial charge in [-0.1, -0.05) is 6.07 Å². The van der Waals surface area contributed by atoms with Crippen LogP contribution >= 0.6 is 0 Å². The first-order valence-electron chi connectivity index (χ1n) is 8.17. The number of fused-ring (bicyclic) bond motifs is 2. The molecule has 0 spiro atoms. The third-order valence-electron chi connectivity index (χ3n) is 4.61. The van der Waals surface area contributed by atoms with Gasteiger partial charge >= 0.3 is 0 Å². The smallest absolute Gasteiger partial charge is 0.248 e. The molecule has 128 valence electrons. The molecule has 25 heavy (non-hydrogen) atoms. The zero-order chi connectivity index (χ0) is 17.4. The van der Waals surface area contributed by atoms with Crippen LogP contribution in [0.2, 0.25) is 0 Å². The summed E-state index contributed by atoms with van der Waals surface area (Å²) in [7, 11) is 0. The van der Waals surface area contributed by atoms with Crippen LogP contribution in [-0.4, -0.2) is 37.8 Å². The van der Waals surface area contributed by atoms with E-state index in [1.807, 2.05) is 0 Å². The first-order valence-corrected chi connectivity index (χ1v) is 8.17. The normalized spacial score (nSPS) is 15.4. The first kappa shape index (κ1) is 15.7. The van der Waals surface area contributed by atoms with Crippen molar-refractivity contribution in [3.05, 3.63) is 64.0 Å². The molecule has 2 aromatic heterocycles. The fraction of sp³-hybridized carbons (Fsp3) is 0.278. The van der Waals surface area contributed by atoms with Crippen LogP contribution in [0.25, 0.3) is 10.9 Å². The number of phenols is 1. The van der Waals surface area contributed by atoms with Crippen molar-refractivity contribution in [1.82, 2.24) is 20.3 Å². The van der Waals surface area contributed by atoms with Crippen molar-refractivity contribution < 1.29 is 10.2 Å². The average Bonchev–Trinajstić information content (AvgIpc) is 3.03. The number of aromatic nitrogens is 3. The summed E-state index contributed by atoms with van der Waals surface area (Å²) in [5.41, 5.74) is 2.70. The molecule has 0 saturated carbocycles. The van der Waals surface area contributed by atoms with Crippen molar-refractivity contribution >= 4 is 10.9 Å². The van der Waals surface area contributed by atoms with Gasteiger partial charge in [-0.05, 0) is 17.7 Å². The molecule has 0 saturated heterocycles. The van der Waals surface area contributed by atoms with E-state index in [1.165, 1.54) is 12.1 Å². The quantitative estimate of drug-likeness (QED) is 0.560. The van der Waals surface area contributed by atoms with E-state index in [1.54, 1.807) is 24.5 Å². The molecule has 0 amide bonds. The maximum absolute atomic E-state index is 11.5. The molecule has 3 aromatic rings. The summed E-state index contributed by atoms with van der Waals surface area (Å²) in [4.78, 5) is 22.7. The van der Waals surface area contributed by atoms with Crippen molar-refractivity contribution in [2.45, 2.75) is 25.0 Å². The van der Waals surface area contributed by atoms with Gasteiger partial charge < -0.3 is 20.5 Å². The van der Waals surface area contributed by atoms with Crippen LogP contribution in [0, 0.1) is 0 Å². The molecule has 0 aliphatic heterocycles. The van der Waals surface area contributed by atoms with Gasteiger partial charge in [-0.3, -0.25) is 14.8 Å². The fourth-order valence-electron chi connectivity index (χ4n) is 3.36. The van der Waals surface area contributed by atoms with Gasteiger partial charge in [0.05, 0.1) is 23.0 Å². The van der Waals surface area contributed by atoms with E-state index in [0.29, 0.717) is 23.0 Å². The van der Waals surface area contributed by atoms with Gasteiger partial charge in [0.25, 0.3) is 0 Å². The predicted octanol–water partition coefficient (Wildman–Crippen LogP) is 0.814. The second kappa shape index (κ2) is 6.27. The largest absolute Gasteiger partial charge is 0.506 e. The second-order valence-electron chi connectivity index (χ2n) is 6.26. The van der Waals surface area contributed by atoms with Crippen LogP contribution in [-0.2, 0) is 12.8 Å². The van der Waals surface area contributed by atoms with E-state index in [2.05, 4.69) is 20.3 Å². The number of aliphatic hydroxyl groups is 1. The summed E-state index contributed by atoms with van der Waals surface area (Å²) >= 11 is 0. The lowest BCUT2D eigenvalue weighted by Gasteiger charge is -2.18. The van der Waals surface area contributed by atoms with Crippen LogP contribution < -0.4 is 10.9 Å². The Balaban J connectivity index is 1.51. The average molecular weight is 338 g/mol. The predicted molar refractivity (Wildman–Crippen MR) is 92.4 cm³/mol. The molecule has 4 rings (SSSR count). The fourth-order valence-corrected chi connectivity index (χ4v) is 3.36. The Labute approximate surface area is 143 Å². The highest BCUT2D eigenvalue weighted by atomic mass is 16.3. The minimum atomic E-state index is -0.765.